The summed E-state index contributed by atoms with van der Waals surface area (Å²) in [7, 11) is 8.30. The molecule has 0 heterocycles. The molecule has 0 saturated heterocycles. The van der Waals surface area contributed by atoms with E-state index in [9.17, 15) is 4.79 Å². The number of nitrogens with one attached hydrogen (secondary N) is 1. The first-order valence-corrected chi connectivity index (χ1v) is 13.8. The van der Waals surface area contributed by atoms with Crippen LogP contribution in [0.4, 0.5) is 11.4 Å². The monoisotopic (exact) mass is 528 g/mol. The van der Waals surface area contributed by atoms with Crippen LogP contribution < -0.4 is 20.6 Å². The Kier molecular flexibility index (Phi) is 6.09. The van der Waals surface area contributed by atoms with Crippen molar-refractivity contribution in [3.05, 3.63) is 72.8 Å². The van der Waals surface area contributed by atoms with E-state index in [2.05, 4.69) is 114 Å². The third-order valence-electron chi connectivity index (χ3n) is 5.34. The van der Waals surface area contributed by atoms with Gasteiger partial charge in [0.05, 0.1) is 0 Å². The summed E-state index contributed by atoms with van der Waals surface area (Å²) in [6.07, 6.45) is 0. The van der Waals surface area contributed by atoms with E-state index < -0.39 is 19.8 Å². The number of benzene rings is 4. The molecule has 0 unspecified atom stereocenters. The van der Waals surface area contributed by atoms with Crippen molar-refractivity contribution in [2.45, 2.75) is 6.92 Å². The summed E-state index contributed by atoms with van der Waals surface area (Å²) in [5.41, 5.74) is 2.36. The van der Waals surface area contributed by atoms with Crippen molar-refractivity contribution >= 4 is 65.9 Å². The summed E-state index contributed by atoms with van der Waals surface area (Å²) >= 11 is -2.51. The van der Waals surface area contributed by atoms with Gasteiger partial charge in [-0.15, -0.1) is 0 Å². The summed E-state index contributed by atoms with van der Waals surface area (Å²) in [5, 5.41) is 4.88. The van der Waals surface area contributed by atoms with E-state index in [-0.39, 0.29) is 5.91 Å². The van der Waals surface area contributed by atoms with Crippen LogP contribution >= 0.6 is 0 Å². The second-order valence-electron chi connectivity index (χ2n) is 8.02. The van der Waals surface area contributed by atoms with Crippen molar-refractivity contribution in [2.75, 3.05) is 38.0 Å². The van der Waals surface area contributed by atoms with Crippen molar-refractivity contribution in [3.63, 3.8) is 0 Å². The van der Waals surface area contributed by atoms with E-state index in [1.807, 2.05) is 0 Å². The van der Waals surface area contributed by atoms with Crippen LogP contribution in [0.25, 0.3) is 21.5 Å². The third-order valence-corrected chi connectivity index (χ3v) is 11.2. The molecule has 0 aliphatic rings. The maximum atomic E-state index is 12.4. The van der Waals surface area contributed by atoms with Crippen molar-refractivity contribution in [3.8, 4) is 0 Å². The van der Waals surface area contributed by atoms with Crippen molar-refractivity contribution in [1.29, 1.82) is 0 Å². The average Bonchev–Trinajstić information content (AvgIpc) is 2.75. The topological polar surface area (TPSA) is 35.6 Å². The van der Waals surface area contributed by atoms with Gasteiger partial charge in [0.2, 0.25) is 0 Å². The Balaban J connectivity index is 2.08. The Morgan fingerprint density at radius 2 is 1.06 bits per heavy atom. The predicted molar refractivity (Wildman–Crippen MR) is 135 cm³/mol. The zero-order valence-electron chi connectivity index (χ0n) is 18.6. The molecule has 0 spiro atoms. The van der Waals surface area contributed by atoms with E-state index in [0.29, 0.717) is 0 Å². The predicted octanol–water partition coefficient (Wildman–Crippen LogP) is 3.37. The molecule has 4 rings (SSSR count). The Labute approximate surface area is 191 Å². The number of anilines is 2. The molecule has 5 heteroatoms. The number of carbonyl (C=O) groups excluding carboxylic acids is 1. The number of amides is 1. The van der Waals surface area contributed by atoms with Crippen LogP contribution in [0.3, 0.4) is 0 Å². The van der Waals surface area contributed by atoms with E-state index in [4.69, 9.17) is 0 Å². The van der Waals surface area contributed by atoms with Gasteiger partial charge in [0.15, 0.2) is 0 Å². The Bertz CT molecular complexity index is 1160. The van der Waals surface area contributed by atoms with E-state index in [0.717, 1.165) is 0 Å². The second kappa shape index (κ2) is 8.78. The minimum absolute atomic E-state index is 0.0234. The zero-order chi connectivity index (χ0) is 22.1. The van der Waals surface area contributed by atoms with Crippen molar-refractivity contribution < 1.29 is 4.79 Å². The van der Waals surface area contributed by atoms with E-state index in [1.165, 1.54) is 40.1 Å². The number of fused-ring (bicyclic) bond motifs is 2. The van der Waals surface area contributed by atoms with E-state index in [1.54, 1.807) is 6.92 Å². The van der Waals surface area contributed by atoms with Crippen molar-refractivity contribution in [2.24, 2.45) is 0 Å². The normalized spacial score (nSPS) is 11.2. The molecule has 0 bridgehead atoms. The molecule has 158 valence electrons. The standard InChI is InChI=1S/C26H27N3OTe/c1-18(30)27-31(23-16-8-12-19-10-6-14-21(25(19)23)28(2)3)24-17-9-13-20-11-7-15-22(26(20)24)29(4)5/h6-17H,1-5H3/p+1. The van der Waals surface area contributed by atoms with Gasteiger partial charge >= 0.3 is 192 Å². The Morgan fingerprint density at radius 1 is 0.677 bits per heavy atom. The van der Waals surface area contributed by atoms with Gasteiger partial charge in [0.25, 0.3) is 0 Å². The molecule has 0 atom stereocenters. The van der Waals surface area contributed by atoms with Gasteiger partial charge in [-0.25, -0.2) is 0 Å². The number of hydrogen-bond donors (Lipinski definition) is 1. The molecule has 31 heavy (non-hydrogen) atoms. The summed E-state index contributed by atoms with van der Waals surface area (Å²) in [6.45, 7) is 1.63. The number of nitrogens with zero attached hydrogens (tertiary/aromatic N) is 2. The molecule has 0 fully saturated rings. The molecule has 0 saturated carbocycles. The van der Waals surface area contributed by atoms with Gasteiger partial charge in [-0.1, -0.05) is 0 Å². The molecule has 1 N–H and O–H groups in total. The van der Waals surface area contributed by atoms with Crippen LogP contribution in [0, 0.1) is 0 Å². The molecule has 0 aliphatic carbocycles. The fourth-order valence-corrected chi connectivity index (χ4v) is 9.82. The Hall–Kier alpha value is -2.74. The third kappa shape index (κ3) is 4.08. The van der Waals surface area contributed by atoms with Crippen LogP contribution in [-0.4, -0.2) is 53.9 Å². The fourth-order valence-electron chi connectivity index (χ4n) is 4.03. The molecule has 0 aromatic heterocycles. The molecular weight excluding hydrogens is 498 g/mol. The molecule has 4 aromatic rings. The van der Waals surface area contributed by atoms with Gasteiger partial charge in [-0.3, -0.25) is 0 Å². The van der Waals surface area contributed by atoms with Gasteiger partial charge in [-0.2, -0.15) is 0 Å². The molecule has 4 aromatic carbocycles. The summed E-state index contributed by atoms with van der Waals surface area (Å²) in [4.78, 5) is 16.7. The van der Waals surface area contributed by atoms with Crippen molar-refractivity contribution in [1.82, 2.24) is 3.57 Å². The van der Waals surface area contributed by atoms with Gasteiger partial charge < -0.3 is 0 Å². The first kappa shape index (κ1) is 21.5. The second-order valence-corrected chi connectivity index (χ2v) is 12.9. The molecular formula is C26H28N3OTe+. The summed E-state index contributed by atoms with van der Waals surface area (Å²) in [6, 6.07) is 25.8. The number of hydrogen-bond acceptors (Lipinski definition) is 3. The van der Waals surface area contributed by atoms with Crippen LogP contribution in [-0.2, 0) is 4.79 Å². The van der Waals surface area contributed by atoms with Crippen LogP contribution in [0.15, 0.2) is 72.8 Å². The first-order chi connectivity index (χ1) is 14.9. The number of carbonyl (C=O) groups is 1. The molecule has 0 aliphatic heterocycles. The van der Waals surface area contributed by atoms with Gasteiger partial charge in [-0.05, 0) is 0 Å². The summed E-state index contributed by atoms with van der Waals surface area (Å²) < 4.78 is 5.95. The quantitative estimate of drug-likeness (QED) is 0.406. The SMILES string of the molecule is CC(=O)N[Te+](c1cccc2cccc(N(C)C)c12)c1cccc2cccc(N(C)C)c12. The molecule has 4 nitrogen and oxygen atoms in total. The summed E-state index contributed by atoms with van der Waals surface area (Å²) in [5.74, 6) is 0.0234. The first-order valence-electron chi connectivity index (χ1n) is 10.3. The van der Waals surface area contributed by atoms with Gasteiger partial charge in [0.1, 0.15) is 0 Å². The number of rotatable bonds is 5. The minimum atomic E-state index is -2.51. The fraction of sp³-hybridized carbons (Fsp3) is 0.192. The van der Waals surface area contributed by atoms with Gasteiger partial charge in [0, 0.05) is 0 Å². The Morgan fingerprint density at radius 3 is 1.42 bits per heavy atom. The van der Waals surface area contributed by atoms with Crippen LogP contribution in [0.2, 0.25) is 0 Å². The van der Waals surface area contributed by atoms with Crippen LogP contribution in [0.5, 0.6) is 0 Å². The maximum absolute atomic E-state index is 12.4. The van der Waals surface area contributed by atoms with E-state index >= 15 is 0 Å². The molecule has 1 amide bonds. The van der Waals surface area contributed by atoms with Crippen LogP contribution in [0.1, 0.15) is 6.92 Å². The molecule has 0 radical (unpaired) electrons. The average molecular weight is 526 g/mol. The zero-order valence-corrected chi connectivity index (χ0v) is 21.0.